The van der Waals surface area contributed by atoms with Crippen molar-refractivity contribution >= 4 is 89.2 Å². The number of rotatable bonds is 17. The van der Waals surface area contributed by atoms with Gasteiger partial charge in [-0.2, -0.15) is 13.2 Å². The first-order valence-corrected chi connectivity index (χ1v) is 26.4. The van der Waals surface area contributed by atoms with Crippen LogP contribution in [0.1, 0.15) is 109 Å². The minimum absolute atomic E-state index is 0.0144. The van der Waals surface area contributed by atoms with E-state index in [2.05, 4.69) is 17.6 Å². The van der Waals surface area contributed by atoms with Crippen LogP contribution in [0.2, 0.25) is 0 Å². The number of aryl methyl sites for hydroxylation is 2. The second kappa shape index (κ2) is 27.6. The number of thiophene rings is 2. The Bertz CT molecular complexity index is 3170. The SMILES string of the molecule is CCCCCCC(C)(C(=O)O)S(=O)(=O)c1ccccc1.Cc1c(C(=O)O)sc2sc(C(=O)O)c(C)c12.O=C(Nc1ccc(C(=O)O)cc1)Nc1cccc(C(F)(F)F)c1.O=C(O)C(Cc1ccccc1)c1ccccc1. The van der Waals surface area contributed by atoms with E-state index in [4.69, 9.17) is 15.3 Å². The van der Waals surface area contributed by atoms with Gasteiger partial charge >= 0.3 is 42.1 Å². The number of amides is 2. The lowest BCUT2D eigenvalue weighted by molar-refractivity contribution is -0.140. The molecule has 7 rings (SSSR count). The molecule has 15 nitrogen and oxygen atoms in total. The van der Waals surface area contributed by atoms with E-state index in [0.717, 1.165) is 74.6 Å². The molecule has 5 aromatic carbocycles. The van der Waals surface area contributed by atoms with Gasteiger partial charge in [0.1, 0.15) is 9.75 Å². The highest BCUT2D eigenvalue weighted by Gasteiger charge is 2.46. The zero-order chi connectivity index (χ0) is 56.4. The molecule has 0 bridgehead atoms. The van der Waals surface area contributed by atoms with Crippen molar-refractivity contribution < 1.29 is 75.9 Å². The van der Waals surface area contributed by atoms with E-state index in [1.54, 1.807) is 32.0 Å². The summed E-state index contributed by atoms with van der Waals surface area (Å²) in [6.45, 7) is 6.79. The molecule has 0 fully saturated rings. The molecule has 0 aliphatic carbocycles. The molecule has 402 valence electrons. The summed E-state index contributed by atoms with van der Waals surface area (Å²) in [6, 6.07) is 35.7. The molecule has 0 aliphatic rings. The van der Waals surface area contributed by atoms with Crippen molar-refractivity contribution in [3.63, 3.8) is 0 Å². The van der Waals surface area contributed by atoms with Crippen molar-refractivity contribution in [3.8, 4) is 0 Å². The van der Waals surface area contributed by atoms with E-state index in [1.165, 1.54) is 55.5 Å². The Balaban J connectivity index is 0.000000221. The van der Waals surface area contributed by atoms with E-state index < -0.39 is 68.1 Å². The predicted octanol–water partition coefficient (Wildman–Crippen LogP) is 13.4. The van der Waals surface area contributed by atoms with E-state index in [-0.39, 0.29) is 22.6 Å². The molecule has 0 aliphatic heterocycles. The maximum Gasteiger partial charge on any atom is 0.416 e. The number of unbranched alkanes of at least 4 members (excludes halogenated alkanes) is 3. The summed E-state index contributed by atoms with van der Waals surface area (Å²) in [5.41, 5.74) is 2.68. The number of nitrogens with one attached hydrogen (secondary N) is 2. The van der Waals surface area contributed by atoms with Crippen molar-refractivity contribution in [1.82, 2.24) is 0 Å². The number of halogens is 3. The van der Waals surface area contributed by atoms with E-state index in [1.807, 2.05) is 60.7 Å². The lowest BCUT2D eigenvalue weighted by atomic mass is 9.92. The molecular weight excluding hydrogens is 1050 g/mol. The predicted molar refractivity (Wildman–Crippen MR) is 286 cm³/mol. The average molecular weight is 1110 g/mol. The van der Waals surface area contributed by atoms with Gasteiger partial charge in [-0.25, -0.2) is 27.6 Å². The first-order chi connectivity index (χ1) is 35.8. The number of sulfone groups is 1. The van der Waals surface area contributed by atoms with Crippen LogP contribution in [-0.4, -0.2) is 74.6 Å². The average Bonchev–Trinajstić information content (AvgIpc) is 3.90. The number of carboxylic acids is 5. The summed E-state index contributed by atoms with van der Waals surface area (Å²) in [7, 11) is -3.89. The van der Waals surface area contributed by atoms with Crippen LogP contribution in [0.5, 0.6) is 0 Å². The molecule has 2 unspecified atom stereocenters. The number of anilines is 2. The van der Waals surface area contributed by atoms with Crippen LogP contribution in [-0.2, 0) is 32.0 Å². The van der Waals surface area contributed by atoms with E-state index >= 15 is 0 Å². The van der Waals surface area contributed by atoms with Crippen molar-refractivity contribution in [2.24, 2.45) is 0 Å². The molecule has 0 saturated heterocycles. The zero-order valence-corrected chi connectivity index (χ0v) is 43.9. The molecule has 21 heteroatoms. The standard InChI is InChI=1S/C15H11F3N2O3.C15H22O4S.C15H14O2.C10H8O4S2/c16-15(17,18)10-2-1-3-12(8-10)20-14(23)19-11-6-4-9(5-7-11)13(21)22;1-3-4-5-9-12-15(2,14(16)17)20(18,19)13-10-7-6-8-11-13;16-15(17)14(13-9-5-2-6-10-13)11-12-7-3-1-4-8-12;1-3-5-4(2)7(9(13)14)16-10(5)15-6(3)8(11)12/h1-8H,(H,21,22)(H2,19,20,23);6-8,10-11H,3-5,9,12H2,1-2H3,(H,16,17);1-10,14H,11H2,(H,16,17);1-2H3,(H,11,12)(H,13,14). The maximum absolute atomic E-state index is 12.6. The van der Waals surface area contributed by atoms with Gasteiger partial charge in [-0.1, -0.05) is 118 Å². The van der Waals surface area contributed by atoms with Crippen LogP contribution in [0.4, 0.5) is 29.3 Å². The Morgan fingerprint density at radius 3 is 1.59 bits per heavy atom. The first-order valence-electron chi connectivity index (χ1n) is 23.2. The molecule has 2 aromatic heterocycles. The first kappa shape index (κ1) is 60.7. The van der Waals surface area contributed by atoms with Crippen LogP contribution < -0.4 is 10.6 Å². The van der Waals surface area contributed by atoms with Gasteiger partial charge in [0.25, 0.3) is 0 Å². The number of hydrogen-bond acceptors (Lipinski definition) is 10. The third-order valence-electron chi connectivity index (χ3n) is 11.6. The maximum atomic E-state index is 12.6. The number of aliphatic carboxylic acids is 2. The Morgan fingerprint density at radius 2 is 1.13 bits per heavy atom. The van der Waals surface area contributed by atoms with E-state index in [0.29, 0.717) is 39.4 Å². The second-order valence-electron chi connectivity index (χ2n) is 17.1. The highest BCUT2D eigenvalue weighted by Crippen LogP contribution is 2.40. The van der Waals surface area contributed by atoms with Crippen molar-refractivity contribution in [1.29, 1.82) is 0 Å². The summed E-state index contributed by atoms with van der Waals surface area (Å²) in [5.74, 6) is -5.55. The van der Waals surface area contributed by atoms with Gasteiger partial charge in [0.05, 0.1) is 26.0 Å². The number of fused-ring (bicyclic) bond motifs is 1. The highest BCUT2D eigenvalue weighted by molar-refractivity contribution is 7.93. The monoisotopic (exact) mass is 1100 g/mol. The molecule has 0 radical (unpaired) electrons. The largest absolute Gasteiger partial charge is 0.481 e. The van der Waals surface area contributed by atoms with Gasteiger partial charge in [-0.3, -0.25) is 9.59 Å². The molecule has 7 aromatic rings. The molecule has 2 heterocycles. The molecule has 76 heavy (non-hydrogen) atoms. The number of alkyl halides is 3. The normalized spacial score (nSPS) is 12.1. The molecule has 7 N–H and O–H groups in total. The third kappa shape index (κ3) is 16.6. The van der Waals surface area contributed by atoms with Gasteiger partial charge in [-0.05, 0) is 110 Å². The lowest BCUT2D eigenvalue weighted by Gasteiger charge is -2.25. The van der Waals surface area contributed by atoms with Crippen molar-refractivity contribution in [2.75, 3.05) is 10.6 Å². The molecule has 2 amide bonds. The number of carbonyl (C=O) groups excluding carboxylic acids is 1. The Hall–Kier alpha value is -7.88. The van der Waals surface area contributed by atoms with Crippen molar-refractivity contribution in [3.05, 3.63) is 183 Å². The van der Waals surface area contributed by atoms with Crippen LogP contribution >= 0.6 is 22.7 Å². The summed E-state index contributed by atoms with van der Waals surface area (Å²) < 4.78 is 61.9. The summed E-state index contributed by atoms with van der Waals surface area (Å²) in [6.07, 6.45) is -0.372. The smallest absolute Gasteiger partial charge is 0.416 e. The fraction of sp³-hybridized carbons (Fsp3) is 0.236. The number of urea groups is 1. The summed E-state index contributed by atoms with van der Waals surface area (Å²) in [4.78, 5) is 67.8. The second-order valence-corrected chi connectivity index (χ2v) is 21.8. The van der Waals surface area contributed by atoms with Gasteiger partial charge in [0, 0.05) is 16.8 Å². The van der Waals surface area contributed by atoms with Crippen LogP contribution in [0, 0.1) is 13.8 Å². The van der Waals surface area contributed by atoms with Crippen LogP contribution in [0.15, 0.2) is 144 Å². The van der Waals surface area contributed by atoms with Gasteiger partial charge in [0.15, 0.2) is 14.6 Å². The number of carboxylic acid groups (broad SMARTS) is 5. The molecular formula is C55H55F3N2O13S3. The van der Waals surface area contributed by atoms with Crippen LogP contribution in [0.25, 0.3) is 9.40 Å². The van der Waals surface area contributed by atoms with Crippen molar-refractivity contribution in [2.45, 2.75) is 88.0 Å². The minimum Gasteiger partial charge on any atom is -0.481 e. The van der Waals surface area contributed by atoms with Crippen LogP contribution in [0.3, 0.4) is 0 Å². The number of carbonyl (C=O) groups is 6. The summed E-state index contributed by atoms with van der Waals surface area (Å²) >= 11 is 2.28. The molecule has 2 atom stereocenters. The topological polar surface area (TPSA) is 262 Å². The Labute approximate surface area is 444 Å². The van der Waals surface area contributed by atoms with E-state index in [9.17, 15) is 60.6 Å². The zero-order valence-electron chi connectivity index (χ0n) is 41.5. The molecule has 0 saturated carbocycles. The number of aromatic carboxylic acids is 3. The number of benzene rings is 5. The molecule has 0 spiro atoms. The fourth-order valence-corrected chi connectivity index (χ4v) is 11.7. The minimum atomic E-state index is -4.50. The highest BCUT2D eigenvalue weighted by atomic mass is 32.2. The Kier molecular flexibility index (Phi) is 22.0. The van der Waals surface area contributed by atoms with Gasteiger partial charge in [-0.15, -0.1) is 22.7 Å². The summed E-state index contributed by atoms with van der Waals surface area (Å²) in [5, 5.41) is 50.8. The third-order valence-corrected chi connectivity index (χ3v) is 16.7. The Morgan fingerprint density at radius 1 is 0.618 bits per heavy atom. The van der Waals surface area contributed by atoms with Gasteiger partial charge < -0.3 is 36.2 Å². The fourth-order valence-electron chi connectivity index (χ4n) is 7.43. The lowest BCUT2D eigenvalue weighted by Crippen LogP contribution is -2.43. The number of hydrogen-bond donors (Lipinski definition) is 7. The quantitative estimate of drug-likeness (QED) is 0.0419. The van der Waals surface area contributed by atoms with Gasteiger partial charge in [0.2, 0.25) is 0 Å².